The van der Waals surface area contributed by atoms with Crippen LogP contribution >= 0.6 is 11.6 Å². The van der Waals surface area contributed by atoms with Gasteiger partial charge in [0.2, 0.25) is 0 Å². The molecule has 0 bridgehead atoms. The van der Waals surface area contributed by atoms with Crippen LogP contribution in [0.25, 0.3) is 10.9 Å². The molecule has 11 heteroatoms. The van der Waals surface area contributed by atoms with Gasteiger partial charge in [-0.15, -0.1) is 0 Å². The molecule has 5 rings (SSSR count). The van der Waals surface area contributed by atoms with Crippen molar-refractivity contribution in [1.82, 2.24) is 15.4 Å². The van der Waals surface area contributed by atoms with Gasteiger partial charge >= 0.3 is 0 Å². The molecule has 4 amide bonds. The normalized spacial score (nSPS) is 12.7. The maximum absolute atomic E-state index is 14.1. The van der Waals surface area contributed by atoms with Crippen molar-refractivity contribution in [3.63, 3.8) is 0 Å². The second-order valence-corrected chi connectivity index (χ2v) is 9.48. The molecule has 3 aromatic carbocycles. The van der Waals surface area contributed by atoms with Gasteiger partial charge in [0.05, 0.1) is 33.6 Å². The van der Waals surface area contributed by atoms with Crippen LogP contribution in [0.2, 0.25) is 5.02 Å². The van der Waals surface area contributed by atoms with E-state index in [1.165, 1.54) is 30.3 Å². The molecule has 8 nitrogen and oxygen atoms in total. The van der Waals surface area contributed by atoms with Crippen LogP contribution in [-0.4, -0.2) is 33.6 Å². The van der Waals surface area contributed by atoms with Crippen LogP contribution in [0.15, 0.2) is 60.7 Å². The number of hydrazine groups is 1. The summed E-state index contributed by atoms with van der Waals surface area (Å²) in [6.07, 6.45) is 0. The van der Waals surface area contributed by atoms with E-state index in [-0.39, 0.29) is 28.3 Å². The number of anilines is 1. The van der Waals surface area contributed by atoms with Gasteiger partial charge < -0.3 is 5.32 Å². The summed E-state index contributed by atoms with van der Waals surface area (Å²) in [4.78, 5) is 57.3. The molecule has 0 saturated heterocycles. The van der Waals surface area contributed by atoms with Gasteiger partial charge in [0, 0.05) is 10.4 Å². The third-order valence-electron chi connectivity index (χ3n) is 6.18. The zero-order chi connectivity index (χ0) is 28.0. The highest BCUT2D eigenvalue weighted by atomic mass is 35.5. The van der Waals surface area contributed by atoms with Crippen LogP contribution < -0.4 is 10.7 Å². The number of benzene rings is 3. The molecule has 1 aliphatic heterocycles. The van der Waals surface area contributed by atoms with Crippen molar-refractivity contribution >= 4 is 51.8 Å². The highest BCUT2D eigenvalue weighted by molar-refractivity contribution is 6.32. The largest absolute Gasteiger partial charge is 0.321 e. The number of para-hydroxylation sites is 1. The van der Waals surface area contributed by atoms with E-state index in [0.717, 1.165) is 18.2 Å². The number of carbonyl (C=O) groups excluding carboxylic acids is 4. The lowest BCUT2D eigenvalue weighted by molar-refractivity contribution is 0.0518. The van der Waals surface area contributed by atoms with Crippen molar-refractivity contribution in [2.75, 3.05) is 5.32 Å². The number of rotatable bonds is 5. The molecular formula is C28H19ClF2N4O4. The Balaban J connectivity index is 1.48. The van der Waals surface area contributed by atoms with Crippen molar-refractivity contribution in [3.8, 4) is 0 Å². The number of hydrogen-bond acceptors (Lipinski definition) is 5. The Bertz CT molecular complexity index is 1700. The minimum absolute atomic E-state index is 0.0571. The standard InChI is InChI=1S/C28H19ClF2N4O4/c1-13(2)24-23-21(16-12-14(29)10-11-20(16)32-24)27(38)35(28(23)39)34-25(36)15-6-3-4-9-19(15)33-26(37)22-17(30)7-5-8-18(22)31/h3-13H,1-2H3,(H,33,37)(H,34,36). The Labute approximate surface area is 225 Å². The molecule has 39 heavy (non-hydrogen) atoms. The van der Waals surface area contributed by atoms with Gasteiger partial charge in [0.25, 0.3) is 23.6 Å². The van der Waals surface area contributed by atoms with E-state index < -0.39 is 40.8 Å². The Kier molecular flexibility index (Phi) is 6.57. The van der Waals surface area contributed by atoms with Crippen molar-refractivity contribution < 1.29 is 28.0 Å². The van der Waals surface area contributed by atoms with Crippen LogP contribution in [0.5, 0.6) is 0 Å². The maximum Gasteiger partial charge on any atom is 0.282 e. The lowest BCUT2D eigenvalue weighted by atomic mass is 9.97. The lowest BCUT2D eigenvalue weighted by Gasteiger charge is -2.17. The average molecular weight is 549 g/mol. The topological polar surface area (TPSA) is 108 Å². The number of nitrogens with one attached hydrogen (secondary N) is 2. The molecule has 0 unspecified atom stereocenters. The Morgan fingerprint density at radius 3 is 2.26 bits per heavy atom. The van der Waals surface area contributed by atoms with Gasteiger partial charge in [-0.05, 0) is 48.4 Å². The summed E-state index contributed by atoms with van der Waals surface area (Å²) in [7, 11) is 0. The number of carbonyl (C=O) groups is 4. The van der Waals surface area contributed by atoms with Crippen LogP contribution in [0, 0.1) is 11.6 Å². The van der Waals surface area contributed by atoms with Crippen molar-refractivity contribution in [1.29, 1.82) is 0 Å². The summed E-state index contributed by atoms with van der Waals surface area (Å²) >= 11 is 6.14. The summed E-state index contributed by atoms with van der Waals surface area (Å²) in [6.45, 7) is 3.64. The number of amides is 4. The van der Waals surface area contributed by atoms with Gasteiger partial charge in [-0.1, -0.05) is 43.6 Å². The Morgan fingerprint density at radius 2 is 1.56 bits per heavy atom. The number of imide groups is 1. The summed E-state index contributed by atoms with van der Waals surface area (Å²) < 4.78 is 28.2. The van der Waals surface area contributed by atoms with Crippen molar-refractivity contribution in [2.45, 2.75) is 19.8 Å². The fourth-order valence-electron chi connectivity index (χ4n) is 4.38. The third kappa shape index (κ3) is 4.48. The van der Waals surface area contributed by atoms with Crippen LogP contribution in [0.1, 0.15) is 66.9 Å². The quantitative estimate of drug-likeness (QED) is 0.321. The van der Waals surface area contributed by atoms with E-state index in [4.69, 9.17) is 11.6 Å². The lowest BCUT2D eigenvalue weighted by Crippen LogP contribution is -2.46. The molecule has 2 N–H and O–H groups in total. The second-order valence-electron chi connectivity index (χ2n) is 9.05. The molecule has 196 valence electrons. The molecule has 1 aromatic heterocycles. The first kappa shape index (κ1) is 25.9. The number of fused-ring (bicyclic) bond motifs is 3. The smallest absolute Gasteiger partial charge is 0.282 e. The van der Waals surface area contributed by atoms with Crippen LogP contribution in [-0.2, 0) is 0 Å². The SMILES string of the molecule is CC(C)c1nc2ccc(Cl)cc2c2c1C(=O)N(NC(=O)c1ccccc1NC(=O)c1c(F)cccc1F)C2=O. The number of halogens is 3. The van der Waals surface area contributed by atoms with Gasteiger partial charge in [-0.3, -0.25) is 29.6 Å². The summed E-state index contributed by atoms with van der Waals surface area (Å²) in [5.74, 6) is -5.99. The molecule has 4 aromatic rings. The molecule has 0 radical (unpaired) electrons. The summed E-state index contributed by atoms with van der Waals surface area (Å²) in [6, 6.07) is 13.4. The molecule has 2 heterocycles. The van der Waals surface area contributed by atoms with E-state index in [1.54, 1.807) is 12.1 Å². The first-order valence-electron chi connectivity index (χ1n) is 11.8. The molecule has 1 aliphatic rings. The predicted octanol–water partition coefficient (Wildman–Crippen LogP) is 5.48. The monoisotopic (exact) mass is 548 g/mol. The van der Waals surface area contributed by atoms with Crippen molar-refractivity contribution in [3.05, 3.63) is 105 Å². The number of pyridine rings is 1. The highest BCUT2D eigenvalue weighted by Gasteiger charge is 2.42. The maximum atomic E-state index is 14.1. The zero-order valence-electron chi connectivity index (χ0n) is 20.5. The first-order valence-corrected chi connectivity index (χ1v) is 12.1. The first-order chi connectivity index (χ1) is 18.6. The van der Waals surface area contributed by atoms with E-state index in [9.17, 15) is 28.0 Å². The van der Waals surface area contributed by atoms with Crippen LogP contribution in [0.3, 0.4) is 0 Å². The summed E-state index contributed by atoms with van der Waals surface area (Å²) in [5, 5.41) is 3.59. The second kappa shape index (κ2) is 9.88. The molecule has 0 fully saturated rings. The van der Waals surface area contributed by atoms with E-state index >= 15 is 0 Å². The minimum atomic E-state index is -1.12. The number of aromatic nitrogens is 1. The molecule has 0 spiro atoms. The van der Waals surface area contributed by atoms with Gasteiger partial charge in [0.1, 0.15) is 17.2 Å². The van der Waals surface area contributed by atoms with Gasteiger partial charge in [0.15, 0.2) is 0 Å². The molecule has 0 aliphatic carbocycles. The van der Waals surface area contributed by atoms with Gasteiger partial charge in [-0.25, -0.2) is 8.78 Å². The molecule has 0 atom stereocenters. The van der Waals surface area contributed by atoms with Crippen molar-refractivity contribution in [2.24, 2.45) is 0 Å². The average Bonchev–Trinajstić information content (AvgIpc) is 3.13. The van der Waals surface area contributed by atoms with Crippen LogP contribution in [0.4, 0.5) is 14.5 Å². The predicted molar refractivity (Wildman–Crippen MR) is 140 cm³/mol. The number of nitrogens with zero attached hydrogens (tertiary/aromatic N) is 2. The van der Waals surface area contributed by atoms with E-state index in [1.807, 2.05) is 13.8 Å². The molecular weight excluding hydrogens is 530 g/mol. The highest BCUT2D eigenvalue weighted by Crippen LogP contribution is 2.35. The zero-order valence-corrected chi connectivity index (χ0v) is 21.3. The van der Waals surface area contributed by atoms with E-state index in [2.05, 4.69) is 15.7 Å². The number of hydrogen-bond donors (Lipinski definition) is 2. The fourth-order valence-corrected chi connectivity index (χ4v) is 4.55. The minimum Gasteiger partial charge on any atom is -0.321 e. The third-order valence-corrected chi connectivity index (χ3v) is 6.41. The summed E-state index contributed by atoms with van der Waals surface area (Å²) in [5.41, 5.74) is 2.18. The van der Waals surface area contributed by atoms with Gasteiger partial charge in [-0.2, -0.15) is 5.01 Å². The molecule has 0 saturated carbocycles. The Morgan fingerprint density at radius 1 is 0.897 bits per heavy atom. The van der Waals surface area contributed by atoms with E-state index in [0.29, 0.717) is 26.6 Å². The fraction of sp³-hybridized carbons (Fsp3) is 0.107. The Hall–Kier alpha value is -4.70.